The fourth-order valence-corrected chi connectivity index (χ4v) is 4.06. The Balaban J connectivity index is 1.93. The summed E-state index contributed by atoms with van der Waals surface area (Å²) in [5.74, 6) is 2.39. The number of carbonyl (C=O) groups excluding carboxylic acids is 1. The highest BCUT2D eigenvalue weighted by Crippen LogP contribution is 2.35. The van der Waals surface area contributed by atoms with Gasteiger partial charge in [0.15, 0.2) is 0 Å². The maximum Gasteiger partial charge on any atom is 0.254 e. The normalized spacial score (nSPS) is 20.9. The van der Waals surface area contributed by atoms with Crippen molar-refractivity contribution in [3.63, 3.8) is 0 Å². The summed E-state index contributed by atoms with van der Waals surface area (Å²) in [6, 6.07) is 5.39. The van der Waals surface area contributed by atoms with Gasteiger partial charge in [0.2, 0.25) is 0 Å². The van der Waals surface area contributed by atoms with E-state index >= 15 is 0 Å². The zero-order chi connectivity index (χ0) is 17.7. The molecular formula is C20H30ClNO2. The van der Waals surface area contributed by atoms with E-state index in [-0.39, 0.29) is 12.0 Å². The second kappa shape index (κ2) is 8.75. The Morgan fingerprint density at radius 2 is 1.83 bits per heavy atom. The molecule has 0 N–H and O–H groups in total. The molecule has 0 atom stereocenters. The van der Waals surface area contributed by atoms with Gasteiger partial charge in [-0.15, -0.1) is 0 Å². The molecule has 2 rings (SSSR count). The summed E-state index contributed by atoms with van der Waals surface area (Å²) in [7, 11) is 3.45. The van der Waals surface area contributed by atoms with Crippen LogP contribution >= 0.6 is 11.6 Å². The number of benzene rings is 1. The van der Waals surface area contributed by atoms with Gasteiger partial charge in [-0.25, -0.2) is 0 Å². The molecule has 0 saturated heterocycles. The molecule has 3 nitrogen and oxygen atoms in total. The van der Waals surface area contributed by atoms with Crippen LogP contribution in [0.3, 0.4) is 0 Å². The van der Waals surface area contributed by atoms with Gasteiger partial charge in [0, 0.05) is 14.1 Å². The average molecular weight is 352 g/mol. The summed E-state index contributed by atoms with van der Waals surface area (Å²) < 4.78 is 6.12. The van der Waals surface area contributed by atoms with Crippen LogP contribution in [0, 0.1) is 11.8 Å². The third-order valence-electron chi connectivity index (χ3n) is 5.31. The summed E-state index contributed by atoms with van der Waals surface area (Å²) in [6.07, 6.45) is 7.55. The molecule has 1 saturated carbocycles. The Bertz CT molecular complexity index is 547. The Hall–Kier alpha value is -1.22. The van der Waals surface area contributed by atoms with E-state index in [9.17, 15) is 4.79 Å². The number of rotatable bonds is 6. The average Bonchev–Trinajstić information content (AvgIpc) is 2.57. The van der Waals surface area contributed by atoms with Crippen LogP contribution in [0.4, 0.5) is 0 Å². The van der Waals surface area contributed by atoms with Gasteiger partial charge >= 0.3 is 0 Å². The first kappa shape index (κ1) is 19.1. The third-order valence-corrected chi connectivity index (χ3v) is 5.63. The number of hydrogen-bond acceptors (Lipinski definition) is 2. The standard InChI is InChI=1S/C20H30ClNO2/c1-5-14(6-2)15-7-9-16(10-8-15)24-17-11-12-18(19(21)13-17)20(23)22(3)4/h11-16H,5-10H2,1-4H3. The number of halogens is 1. The van der Waals surface area contributed by atoms with Gasteiger partial charge in [0.1, 0.15) is 5.75 Å². The van der Waals surface area contributed by atoms with Gasteiger partial charge in [0.05, 0.1) is 16.7 Å². The lowest BCUT2D eigenvalue weighted by molar-refractivity contribution is 0.0827. The molecule has 0 aromatic heterocycles. The molecule has 0 radical (unpaired) electrons. The largest absolute Gasteiger partial charge is 0.490 e. The van der Waals surface area contributed by atoms with E-state index in [0.29, 0.717) is 10.6 Å². The first-order valence-corrected chi connectivity index (χ1v) is 9.51. The Kier molecular flexibility index (Phi) is 6.97. The van der Waals surface area contributed by atoms with E-state index in [2.05, 4.69) is 13.8 Å². The highest BCUT2D eigenvalue weighted by molar-refractivity contribution is 6.34. The maximum atomic E-state index is 12.0. The molecule has 1 aromatic rings. The molecule has 1 amide bonds. The van der Waals surface area contributed by atoms with E-state index in [1.54, 1.807) is 26.2 Å². The van der Waals surface area contributed by atoms with Gasteiger partial charge in [0.25, 0.3) is 5.91 Å². The van der Waals surface area contributed by atoms with Crippen molar-refractivity contribution >= 4 is 17.5 Å². The molecule has 0 unspecified atom stereocenters. The zero-order valence-corrected chi connectivity index (χ0v) is 16.1. The minimum absolute atomic E-state index is 0.0859. The topological polar surface area (TPSA) is 29.5 Å². The number of carbonyl (C=O) groups is 1. The van der Waals surface area contributed by atoms with Gasteiger partial charge in [-0.1, -0.05) is 38.3 Å². The van der Waals surface area contributed by atoms with Gasteiger partial charge in [-0.3, -0.25) is 4.79 Å². The summed E-state index contributed by atoms with van der Waals surface area (Å²) in [5.41, 5.74) is 0.520. The lowest BCUT2D eigenvalue weighted by Gasteiger charge is -2.33. The molecule has 134 valence electrons. The summed E-state index contributed by atoms with van der Waals surface area (Å²) in [5, 5.41) is 0.455. The zero-order valence-electron chi connectivity index (χ0n) is 15.3. The Morgan fingerprint density at radius 1 is 1.21 bits per heavy atom. The molecule has 1 aliphatic carbocycles. The molecule has 4 heteroatoms. The minimum atomic E-state index is -0.0859. The highest BCUT2D eigenvalue weighted by atomic mass is 35.5. The number of amides is 1. The van der Waals surface area contributed by atoms with Crippen molar-refractivity contribution < 1.29 is 9.53 Å². The van der Waals surface area contributed by atoms with Crippen LogP contribution in [0.2, 0.25) is 5.02 Å². The molecule has 1 aromatic carbocycles. The molecule has 0 aliphatic heterocycles. The van der Waals surface area contributed by atoms with E-state index in [4.69, 9.17) is 16.3 Å². The van der Waals surface area contributed by atoms with Gasteiger partial charge < -0.3 is 9.64 Å². The first-order chi connectivity index (χ1) is 11.5. The summed E-state index contributed by atoms with van der Waals surface area (Å²) in [4.78, 5) is 13.6. The summed E-state index contributed by atoms with van der Waals surface area (Å²) in [6.45, 7) is 4.60. The van der Waals surface area contributed by atoms with Crippen molar-refractivity contribution in [2.45, 2.75) is 58.5 Å². The van der Waals surface area contributed by atoms with Crippen LogP contribution in [-0.2, 0) is 0 Å². The second-order valence-electron chi connectivity index (χ2n) is 7.07. The number of ether oxygens (including phenoxy) is 1. The monoisotopic (exact) mass is 351 g/mol. The molecular weight excluding hydrogens is 322 g/mol. The van der Waals surface area contributed by atoms with Crippen molar-refractivity contribution in [3.05, 3.63) is 28.8 Å². The van der Waals surface area contributed by atoms with Crippen LogP contribution in [0.25, 0.3) is 0 Å². The van der Waals surface area contributed by atoms with Crippen LogP contribution in [0.5, 0.6) is 5.75 Å². The predicted molar refractivity (Wildman–Crippen MR) is 99.9 cm³/mol. The van der Waals surface area contributed by atoms with E-state index < -0.39 is 0 Å². The fraction of sp³-hybridized carbons (Fsp3) is 0.650. The Morgan fingerprint density at radius 3 is 2.33 bits per heavy atom. The smallest absolute Gasteiger partial charge is 0.254 e. The van der Waals surface area contributed by atoms with Gasteiger partial charge in [-0.2, -0.15) is 0 Å². The molecule has 0 bridgehead atoms. The Labute approximate surface area is 151 Å². The first-order valence-electron chi connectivity index (χ1n) is 9.14. The molecule has 0 spiro atoms. The number of nitrogens with zero attached hydrogens (tertiary/aromatic N) is 1. The molecule has 1 fully saturated rings. The van der Waals surface area contributed by atoms with Crippen molar-refractivity contribution in [1.82, 2.24) is 4.90 Å². The minimum Gasteiger partial charge on any atom is -0.490 e. The highest BCUT2D eigenvalue weighted by Gasteiger charge is 2.27. The maximum absolute atomic E-state index is 12.0. The van der Waals surface area contributed by atoms with Crippen molar-refractivity contribution in [2.24, 2.45) is 11.8 Å². The molecule has 1 aliphatic rings. The van der Waals surface area contributed by atoms with Crippen LogP contribution in [0.15, 0.2) is 18.2 Å². The van der Waals surface area contributed by atoms with Crippen LogP contribution in [-0.4, -0.2) is 31.0 Å². The van der Waals surface area contributed by atoms with Crippen molar-refractivity contribution in [3.8, 4) is 5.75 Å². The van der Waals surface area contributed by atoms with E-state index in [1.165, 1.54) is 30.6 Å². The predicted octanol–water partition coefficient (Wildman–Crippen LogP) is 5.42. The van der Waals surface area contributed by atoms with Crippen LogP contribution in [0.1, 0.15) is 62.7 Å². The van der Waals surface area contributed by atoms with Crippen molar-refractivity contribution in [1.29, 1.82) is 0 Å². The van der Waals surface area contributed by atoms with Crippen molar-refractivity contribution in [2.75, 3.05) is 14.1 Å². The van der Waals surface area contributed by atoms with E-state index in [0.717, 1.165) is 30.4 Å². The second-order valence-corrected chi connectivity index (χ2v) is 7.48. The lowest BCUT2D eigenvalue weighted by Crippen LogP contribution is -2.27. The molecule has 0 heterocycles. The van der Waals surface area contributed by atoms with E-state index in [1.807, 2.05) is 6.07 Å². The molecule has 24 heavy (non-hydrogen) atoms. The van der Waals surface area contributed by atoms with Crippen LogP contribution < -0.4 is 4.74 Å². The fourth-order valence-electron chi connectivity index (χ4n) is 3.81. The lowest BCUT2D eigenvalue weighted by atomic mass is 9.77. The third kappa shape index (κ3) is 4.66. The summed E-state index contributed by atoms with van der Waals surface area (Å²) >= 11 is 6.26. The quantitative estimate of drug-likeness (QED) is 0.685. The van der Waals surface area contributed by atoms with Gasteiger partial charge in [-0.05, 0) is 55.7 Å². The number of hydrogen-bond donors (Lipinski definition) is 0. The SMILES string of the molecule is CCC(CC)C1CCC(Oc2ccc(C(=O)N(C)C)c(Cl)c2)CC1.